The van der Waals surface area contributed by atoms with Gasteiger partial charge in [-0.25, -0.2) is 4.39 Å². The first-order valence-electron chi connectivity index (χ1n) is 9.40. The molecule has 5 nitrogen and oxygen atoms in total. The first kappa shape index (κ1) is 19.7. The molecule has 1 N–H and O–H groups in total. The van der Waals surface area contributed by atoms with Gasteiger partial charge in [-0.3, -0.25) is 4.79 Å². The van der Waals surface area contributed by atoms with Crippen LogP contribution in [0.3, 0.4) is 0 Å². The first-order chi connectivity index (χ1) is 13.5. The predicted octanol–water partition coefficient (Wildman–Crippen LogP) is 4.63. The van der Waals surface area contributed by atoms with E-state index in [2.05, 4.69) is 15.5 Å². The van der Waals surface area contributed by atoms with Crippen LogP contribution in [0.4, 0.5) is 4.39 Å². The van der Waals surface area contributed by atoms with Gasteiger partial charge in [0.25, 0.3) is 0 Å². The number of rotatable bonds is 7. The Morgan fingerprint density at radius 1 is 1.14 bits per heavy atom. The predicted molar refractivity (Wildman–Crippen MR) is 105 cm³/mol. The maximum Gasteiger partial charge on any atom is 0.249 e. The van der Waals surface area contributed by atoms with Crippen molar-refractivity contribution in [1.82, 2.24) is 15.5 Å². The van der Waals surface area contributed by atoms with E-state index in [0.29, 0.717) is 11.7 Å². The van der Waals surface area contributed by atoms with Crippen LogP contribution in [0.5, 0.6) is 0 Å². The second-order valence-electron chi connectivity index (χ2n) is 7.06. The molecule has 0 aliphatic heterocycles. The number of aromatic nitrogens is 2. The quantitative estimate of drug-likeness (QED) is 0.648. The Morgan fingerprint density at radius 2 is 1.82 bits per heavy atom. The Morgan fingerprint density at radius 3 is 2.46 bits per heavy atom. The maximum absolute atomic E-state index is 13.0. The molecular formula is C22H24FN3O2. The lowest BCUT2D eigenvalue weighted by molar-refractivity contribution is -0.121. The topological polar surface area (TPSA) is 68.0 Å². The summed E-state index contributed by atoms with van der Waals surface area (Å²) in [6, 6.07) is 13.4. The maximum atomic E-state index is 13.0. The summed E-state index contributed by atoms with van der Waals surface area (Å²) in [5.41, 5.74) is 2.76. The minimum absolute atomic E-state index is 0.114. The molecule has 0 spiro atoms. The zero-order chi connectivity index (χ0) is 20.1. The van der Waals surface area contributed by atoms with Crippen molar-refractivity contribution in [2.45, 2.75) is 39.7 Å². The van der Waals surface area contributed by atoms with Crippen LogP contribution in [0.25, 0.3) is 11.4 Å². The van der Waals surface area contributed by atoms with Gasteiger partial charge >= 0.3 is 0 Å². The van der Waals surface area contributed by atoms with Gasteiger partial charge in [0.15, 0.2) is 0 Å². The summed E-state index contributed by atoms with van der Waals surface area (Å²) in [6.07, 6.45) is 0.996. The minimum atomic E-state index is -0.385. The van der Waals surface area contributed by atoms with Crippen LogP contribution >= 0.6 is 0 Å². The number of nitrogens with one attached hydrogen (secondary N) is 1. The van der Waals surface area contributed by atoms with E-state index >= 15 is 0 Å². The Labute approximate surface area is 164 Å². The van der Waals surface area contributed by atoms with Crippen molar-refractivity contribution in [1.29, 1.82) is 0 Å². The monoisotopic (exact) mass is 381 g/mol. The van der Waals surface area contributed by atoms with Crippen LogP contribution in [0.1, 0.15) is 43.3 Å². The highest BCUT2D eigenvalue weighted by atomic mass is 19.1. The van der Waals surface area contributed by atoms with E-state index in [0.717, 1.165) is 23.1 Å². The van der Waals surface area contributed by atoms with Crippen LogP contribution in [0.15, 0.2) is 53.1 Å². The number of amides is 1. The summed E-state index contributed by atoms with van der Waals surface area (Å²) in [5.74, 6) is 0.500. The standard InChI is InChI=1S/C22H24FN3O2/c1-4-15(3)20(24-19(27)13-16-7-11-18(23)12-8-16)22-25-21(26-28-22)17-9-5-14(2)6-10-17/h5-12,15,20H,4,13H2,1-3H3,(H,24,27). The van der Waals surface area contributed by atoms with Gasteiger partial charge in [-0.1, -0.05) is 67.4 Å². The Kier molecular flexibility index (Phi) is 6.19. The lowest BCUT2D eigenvalue weighted by Crippen LogP contribution is -2.33. The summed E-state index contributed by atoms with van der Waals surface area (Å²) in [5, 5.41) is 7.07. The summed E-state index contributed by atoms with van der Waals surface area (Å²) in [6.45, 7) is 6.08. The van der Waals surface area contributed by atoms with E-state index in [1.807, 2.05) is 45.0 Å². The molecule has 0 bridgehead atoms. The third-order valence-corrected chi connectivity index (χ3v) is 4.82. The highest BCUT2D eigenvalue weighted by Crippen LogP contribution is 2.26. The van der Waals surface area contributed by atoms with Crippen LogP contribution in [0, 0.1) is 18.7 Å². The van der Waals surface area contributed by atoms with E-state index in [1.165, 1.54) is 12.1 Å². The molecule has 6 heteroatoms. The van der Waals surface area contributed by atoms with Gasteiger partial charge in [-0.2, -0.15) is 4.98 Å². The van der Waals surface area contributed by atoms with Gasteiger partial charge in [0.2, 0.25) is 17.6 Å². The van der Waals surface area contributed by atoms with Crippen molar-refractivity contribution in [3.05, 3.63) is 71.4 Å². The van der Waals surface area contributed by atoms with E-state index in [1.54, 1.807) is 12.1 Å². The molecule has 1 heterocycles. The van der Waals surface area contributed by atoms with Crippen LogP contribution in [-0.2, 0) is 11.2 Å². The molecule has 0 saturated carbocycles. The average Bonchev–Trinajstić information content (AvgIpc) is 3.17. The highest BCUT2D eigenvalue weighted by Gasteiger charge is 2.26. The van der Waals surface area contributed by atoms with Gasteiger partial charge in [-0.15, -0.1) is 0 Å². The van der Waals surface area contributed by atoms with Gasteiger partial charge in [0, 0.05) is 5.56 Å². The van der Waals surface area contributed by atoms with E-state index < -0.39 is 0 Å². The van der Waals surface area contributed by atoms with Crippen molar-refractivity contribution in [2.24, 2.45) is 5.92 Å². The smallest absolute Gasteiger partial charge is 0.249 e. The molecule has 146 valence electrons. The van der Waals surface area contributed by atoms with Crippen molar-refractivity contribution in [2.75, 3.05) is 0 Å². The molecule has 2 atom stereocenters. The van der Waals surface area contributed by atoms with E-state index in [4.69, 9.17) is 4.52 Å². The molecule has 2 unspecified atom stereocenters. The highest BCUT2D eigenvalue weighted by molar-refractivity contribution is 5.79. The molecule has 0 aliphatic rings. The molecular weight excluding hydrogens is 357 g/mol. The second-order valence-corrected chi connectivity index (χ2v) is 7.06. The number of aryl methyl sites for hydroxylation is 1. The molecule has 0 saturated heterocycles. The Hall–Kier alpha value is -3.02. The molecule has 1 amide bonds. The molecule has 28 heavy (non-hydrogen) atoms. The first-order valence-corrected chi connectivity index (χ1v) is 9.40. The molecule has 1 aromatic heterocycles. The van der Waals surface area contributed by atoms with Crippen LogP contribution < -0.4 is 5.32 Å². The molecule has 0 fully saturated rings. The number of hydrogen-bond acceptors (Lipinski definition) is 4. The Bertz CT molecular complexity index is 920. The van der Waals surface area contributed by atoms with Gasteiger partial charge in [-0.05, 0) is 30.5 Å². The molecule has 3 rings (SSSR count). The van der Waals surface area contributed by atoms with Gasteiger partial charge in [0.1, 0.15) is 11.9 Å². The van der Waals surface area contributed by atoms with Gasteiger partial charge < -0.3 is 9.84 Å². The summed E-state index contributed by atoms with van der Waals surface area (Å²) >= 11 is 0. The average molecular weight is 381 g/mol. The van der Waals surface area contributed by atoms with Crippen LogP contribution in [-0.4, -0.2) is 16.0 Å². The fourth-order valence-corrected chi connectivity index (χ4v) is 2.88. The van der Waals surface area contributed by atoms with E-state index in [-0.39, 0.29) is 30.1 Å². The molecule has 0 aliphatic carbocycles. The summed E-state index contributed by atoms with van der Waals surface area (Å²) in [4.78, 5) is 17.0. The SMILES string of the molecule is CCC(C)C(NC(=O)Cc1ccc(F)cc1)c1nc(-c2ccc(C)cc2)no1. The minimum Gasteiger partial charge on any atom is -0.344 e. The van der Waals surface area contributed by atoms with Crippen molar-refractivity contribution in [3.63, 3.8) is 0 Å². The lowest BCUT2D eigenvalue weighted by atomic mass is 9.98. The van der Waals surface area contributed by atoms with Crippen molar-refractivity contribution >= 4 is 5.91 Å². The normalized spacial score (nSPS) is 13.1. The third-order valence-electron chi connectivity index (χ3n) is 4.82. The van der Waals surface area contributed by atoms with Crippen molar-refractivity contribution in [3.8, 4) is 11.4 Å². The zero-order valence-corrected chi connectivity index (χ0v) is 16.3. The molecule has 2 aromatic carbocycles. The number of carbonyl (C=O) groups is 1. The Balaban J connectivity index is 1.75. The number of benzene rings is 2. The third kappa shape index (κ3) is 4.82. The fourth-order valence-electron chi connectivity index (χ4n) is 2.88. The fraction of sp³-hybridized carbons (Fsp3) is 0.318. The molecule has 3 aromatic rings. The largest absolute Gasteiger partial charge is 0.344 e. The zero-order valence-electron chi connectivity index (χ0n) is 16.3. The number of halogens is 1. The number of nitrogens with zero attached hydrogens (tertiary/aromatic N) is 2. The summed E-state index contributed by atoms with van der Waals surface area (Å²) < 4.78 is 18.5. The van der Waals surface area contributed by atoms with Gasteiger partial charge in [0.05, 0.1) is 6.42 Å². The lowest BCUT2D eigenvalue weighted by Gasteiger charge is -2.20. The number of carbonyl (C=O) groups excluding carboxylic acids is 1. The van der Waals surface area contributed by atoms with E-state index in [9.17, 15) is 9.18 Å². The second kappa shape index (κ2) is 8.78. The molecule has 0 radical (unpaired) electrons. The van der Waals surface area contributed by atoms with Crippen LogP contribution in [0.2, 0.25) is 0 Å². The summed E-state index contributed by atoms with van der Waals surface area (Å²) in [7, 11) is 0. The number of hydrogen-bond donors (Lipinski definition) is 1. The van der Waals surface area contributed by atoms with Crippen molar-refractivity contribution < 1.29 is 13.7 Å².